The summed E-state index contributed by atoms with van der Waals surface area (Å²) in [6.45, 7) is 1.66. The standard InChI is InChI=1S/C17H20N4O4S/c22-14-7-12(16(24)20-19-14)8-15(23)21-5-1-3-11(10-21)9-18-17(25)13-4-2-6-26-13/h2,4,6-7,11H,1,3,5,8-10H2,(H,18,25)(H,19,22)(H,20,24)/t11-/m1/s1. The molecule has 0 radical (unpaired) electrons. The Morgan fingerprint density at radius 2 is 2.15 bits per heavy atom. The highest BCUT2D eigenvalue weighted by Crippen LogP contribution is 2.17. The van der Waals surface area contributed by atoms with Gasteiger partial charge in [-0.1, -0.05) is 6.07 Å². The van der Waals surface area contributed by atoms with E-state index in [0.29, 0.717) is 24.5 Å². The van der Waals surface area contributed by atoms with Crippen molar-refractivity contribution in [3.63, 3.8) is 0 Å². The fourth-order valence-electron chi connectivity index (χ4n) is 3.05. The first kappa shape index (κ1) is 18.1. The highest BCUT2D eigenvalue weighted by Gasteiger charge is 2.24. The van der Waals surface area contributed by atoms with Crippen molar-refractivity contribution >= 4 is 23.2 Å². The van der Waals surface area contributed by atoms with Crippen molar-refractivity contribution in [3.05, 3.63) is 54.7 Å². The number of thiophene rings is 1. The van der Waals surface area contributed by atoms with Crippen molar-refractivity contribution in [2.45, 2.75) is 19.3 Å². The molecule has 1 fully saturated rings. The number of hydrogen-bond acceptors (Lipinski definition) is 5. The summed E-state index contributed by atoms with van der Waals surface area (Å²) in [7, 11) is 0. The minimum Gasteiger partial charge on any atom is -0.351 e. The molecule has 9 heteroatoms. The van der Waals surface area contributed by atoms with Gasteiger partial charge in [0.1, 0.15) is 0 Å². The number of rotatable bonds is 5. The Morgan fingerprint density at radius 3 is 2.92 bits per heavy atom. The number of amides is 2. The van der Waals surface area contributed by atoms with Gasteiger partial charge in [-0.05, 0) is 30.2 Å². The number of carbonyl (C=O) groups excluding carboxylic acids is 2. The molecule has 1 aliphatic heterocycles. The van der Waals surface area contributed by atoms with Crippen LogP contribution in [0, 0.1) is 5.92 Å². The first-order chi connectivity index (χ1) is 12.5. The molecule has 0 bridgehead atoms. The predicted molar refractivity (Wildman–Crippen MR) is 97.3 cm³/mol. The summed E-state index contributed by atoms with van der Waals surface area (Å²) >= 11 is 1.39. The molecule has 0 saturated carbocycles. The maximum absolute atomic E-state index is 12.5. The van der Waals surface area contributed by atoms with Gasteiger partial charge in [-0.25, -0.2) is 0 Å². The zero-order valence-corrected chi connectivity index (χ0v) is 14.9. The van der Waals surface area contributed by atoms with E-state index in [-0.39, 0.29) is 29.7 Å². The van der Waals surface area contributed by atoms with Crippen LogP contribution in [0.4, 0.5) is 0 Å². The third kappa shape index (κ3) is 4.48. The van der Waals surface area contributed by atoms with Crippen LogP contribution in [-0.4, -0.2) is 46.5 Å². The molecular formula is C17H20N4O4S. The van der Waals surface area contributed by atoms with E-state index in [0.717, 1.165) is 18.9 Å². The first-order valence-electron chi connectivity index (χ1n) is 8.43. The number of aromatic amines is 2. The maximum Gasteiger partial charge on any atom is 0.266 e. The summed E-state index contributed by atoms with van der Waals surface area (Å²) in [5.41, 5.74) is -0.748. The Hall–Kier alpha value is -2.68. The second kappa shape index (κ2) is 8.13. The molecule has 1 atom stereocenters. The summed E-state index contributed by atoms with van der Waals surface area (Å²) in [6.07, 6.45) is 1.67. The molecule has 0 aromatic carbocycles. The summed E-state index contributed by atoms with van der Waals surface area (Å²) in [5.74, 6) is -0.108. The lowest BCUT2D eigenvalue weighted by atomic mass is 9.97. The minimum absolute atomic E-state index is 0.0986. The van der Waals surface area contributed by atoms with Crippen LogP contribution in [0.5, 0.6) is 0 Å². The van der Waals surface area contributed by atoms with E-state index in [4.69, 9.17) is 0 Å². The molecule has 2 amide bonds. The molecule has 8 nitrogen and oxygen atoms in total. The summed E-state index contributed by atoms with van der Waals surface area (Å²) in [5, 5.41) is 9.17. The number of hydrogen-bond donors (Lipinski definition) is 3. The second-order valence-electron chi connectivity index (χ2n) is 6.33. The van der Waals surface area contributed by atoms with E-state index in [1.54, 1.807) is 11.0 Å². The Bertz CT molecular complexity index is 887. The van der Waals surface area contributed by atoms with E-state index in [2.05, 4.69) is 15.5 Å². The van der Waals surface area contributed by atoms with Gasteiger partial charge >= 0.3 is 0 Å². The van der Waals surface area contributed by atoms with E-state index >= 15 is 0 Å². The minimum atomic E-state index is -0.463. The van der Waals surface area contributed by atoms with Crippen molar-refractivity contribution in [1.82, 2.24) is 20.4 Å². The highest BCUT2D eigenvalue weighted by molar-refractivity contribution is 7.12. The van der Waals surface area contributed by atoms with Crippen molar-refractivity contribution in [1.29, 1.82) is 0 Å². The Labute approximate surface area is 153 Å². The van der Waals surface area contributed by atoms with Gasteiger partial charge in [-0.3, -0.25) is 29.4 Å². The molecule has 3 heterocycles. The molecule has 1 aliphatic rings. The van der Waals surface area contributed by atoms with Crippen LogP contribution >= 0.6 is 11.3 Å². The lowest BCUT2D eigenvalue weighted by molar-refractivity contribution is -0.132. The first-order valence-corrected chi connectivity index (χ1v) is 9.31. The molecule has 138 valence electrons. The molecule has 2 aromatic heterocycles. The zero-order valence-electron chi connectivity index (χ0n) is 14.1. The Morgan fingerprint density at radius 1 is 1.31 bits per heavy atom. The fraction of sp³-hybridized carbons (Fsp3) is 0.412. The van der Waals surface area contributed by atoms with E-state index in [1.165, 1.54) is 11.3 Å². The largest absolute Gasteiger partial charge is 0.351 e. The van der Waals surface area contributed by atoms with Crippen LogP contribution in [0.2, 0.25) is 0 Å². The number of H-pyrrole nitrogens is 2. The van der Waals surface area contributed by atoms with Crippen LogP contribution in [0.15, 0.2) is 33.2 Å². The monoisotopic (exact) mass is 376 g/mol. The average Bonchev–Trinajstić information content (AvgIpc) is 3.18. The molecule has 2 aromatic rings. The van der Waals surface area contributed by atoms with Crippen LogP contribution in [0.25, 0.3) is 0 Å². The van der Waals surface area contributed by atoms with E-state index in [9.17, 15) is 19.2 Å². The number of likely N-dealkylation sites (tertiary alicyclic amines) is 1. The third-order valence-corrected chi connectivity index (χ3v) is 5.27. The summed E-state index contributed by atoms with van der Waals surface area (Å²) in [6, 6.07) is 4.76. The number of nitrogens with zero attached hydrogens (tertiary/aromatic N) is 1. The molecule has 0 spiro atoms. The van der Waals surface area contributed by atoms with Crippen molar-refractivity contribution in [2.75, 3.05) is 19.6 Å². The van der Waals surface area contributed by atoms with Crippen LogP contribution in [0.3, 0.4) is 0 Å². The van der Waals surface area contributed by atoms with E-state index in [1.807, 2.05) is 11.4 Å². The van der Waals surface area contributed by atoms with Gasteiger partial charge in [0, 0.05) is 31.3 Å². The molecular weight excluding hydrogens is 356 g/mol. The van der Waals surface area contributed by atoms with Gasteiger partial charge in [-0.15, -0.1) is 11.3 Å². The van der Waals surface area contributed by atoms with Gasteiger partial charge in [0.2, 0.25) is 5.91 Å². The van der Waals surface area contributed by atoms with Crippen LogP contribution in [-0.2, 0) is 11.2 Å². The second-order valence-corrected chi connectivity index (χ2v) is 7.27. The van der Waals surface area contributed by atoms with Gasteiger partial charge in [-0.2, -0.15) is 0 Å². The van der Waals surface area contributed by atoms with Crippen molar-refractivity contribution in [3.8, 4) is 0 Å². The molecule has 0 unspecified atom stereocenters. The maximum atomic E-state index is 12.5. The molecule has 3 rings (SSSR count). The van der Waals surface area contributed by atoms with E-state index < -0.39 is 11.1 Å². The van der Waals surface area contributed by atoms with Gasteiger partial charge in [0.05, 0.1) is 11.3 Å². The predicted octanol–water partition coefficient (Wildman–Crippen LogP) is 0.336. The SMILES string of the molecule is O=C(NC[C@H]1CCCN(C(=O)Cc2cc(=O)[nH][nH]c2=O)C1)c1cccs1. The molecule has 26 heavy (non-hydrogen) atoms. The Kier molecular flexibility index (Phi) is 5.67. The Balaban J connectivity index is 1.55. The summed E-state index contributed by atoms with van der Waals surface area (Å²) < 4.78 is 0. The topological polar surface area (TPSA) is 115 Å². The van der Waals surface area contributed by atoms with Gasteiger partial charge < -0.3 is 10.2 Å². The number of aromatic nitrogens is 2. The fourth-order valence-corrected chi connectivity index (χ4v) is 3.69. The number of piperidine rings is 1. The average molecular weight is 376 g/mol. The van der Waals surface area contributed by atoms with Gasteiger partial charge in [0.25, 0.3) is 17.0 Å². The van der Waals surface area contributed by atoms with Crippen LogP contribution < -0.4 is 16.4 Å². The smallest absolute Gasteiger partial charge is 0.266 e. The zero-order chi connectivity index (χ0) is 18.5. The van der Waals surface area contributed by atoms with Gasteiger partial charge in [0.15, 0.2) is 0 Å². The molecule has 1 saturated heterocycles. The summed E-state index contributed by atoms with van der Waals surface area (Å²) in [4.78, 5) is 49.9. The lowest BCUT2D eigenvalue weighted by Crippen LogP contribution is -2.44. The molecule has 3 N–H and O–H groups in total. The lowest BCUT2D eigenvalue weighted by Gasteiger charge is -2.33. The normalized spacial score (nSPS) is 17.1. The number of carbonyl (C=O) groups is 2. The number of nitrogens with one attached hydrogen (secondary N) is 3. The highest BCUT2D eigenvalue weighted by atomic mass is 32.1. The van der Waals surface area contributed by atoms with Crippen molar-refractivity contribution < 1.29 is 9.59 Å². The molecule has 0 aliphatic carbocycles. The van der Waals surface area contributed by atoms with Crippen molar-refractivity contribution in [2.24, 2.45) is 5.92 Å². The quantitative estimate of drug-likeness (QED) is 0.698. The third-order valence-electron chi connectivity index (χ3n) is 4.41. The van der Waals surface area contributed by atoms with Crippen LogP contribution in [0.1, 0.15) is 28.1 Å².